The summed E-state index contributed by atoms with van der Waals surface area (Å²) in [5.41, 5.74) is 1.75. The summed E-state index contributed by atoms with van der Waals surface area (Å²) in [6, 6.07) is 8.06. The minimum atomic E-state index is -0.111. The number of aliphatic hydroxyl groups excluding tert-OH is 1. The Kier molecular flexibility index (Phi) is 9.87. The molecule has 2 aliphatic heterocycles. The van der Waals surface area contributed by atoms with E-state index in [-0.39, 0.29) is 35.9 Å². The molecule has 0 atom stereocenters. The molecule has 2 aromatic rings. The van der Waals surface area contributed by atoms with Gasteiger partial charge in [-0.1, -0.05) is 26.8 Å². The highest BCUT2D eigenvalue weighted by atomic mass is 35.5. The molecule has 3 N–H and O–H groups in total. The van der Waals surface area contributed by atoms with Gasteiger partial charge in [-0.2, -0.15) is 0 Å². The topological polar surface area (TPSA) is 80.8 Å². The molecule has 1 aromatic heterocycles. The predicted octanol–water partition coefficient (Wildman–Crippen LogP) is 4.06. The monoisotopic (exact) mass is 506 g/mol. The summed E-state index contributed by atoms with van der Waals surface area (Å²) in [6.45, 7) is 13.5. The molecular formula is C27H43ClN4O3. The fraction of sp³-hybridized carbons (Fsp3) is 0.667. The van der Waals surface area contributed by atoms with Gasteiger partial charge in [-0.25, -0.2) is 0 Å². The van der Waals surface area contributed by atoms with E-state index in [0.29, 0.717) is 12.3 Å². The second kappa shape index (κ2) is 12.4. The molecule has 0 saturated carbocycles. The third kappa shape index (κ3) is 8.10. The molecule has 1 amide bonds. The van der Waals surface area contributed by atoms with Crippen LogP contribution in [0.25, 0.3) is 10.9 Å². The molecule has 0 spiro atoms. The number of fused-ring (bicyclic) bond motifs is 1. The minimum absolute atomic E-state index is 0. The Morgan fingerprint density at radius 2 is 1.71 bits per heavy atom. The molecule has 7 nitrogen and oxygen atoms in total. The van der Waals surface area contributed by atoms with Crippen LogP contribution in [0.15, 0.2) is 24.3 Å². The van der Waals surface area contributed by atoms with Crippen molar-refractivity contribution in [2.24, 2.45) is 5.41 Å². The average molecular weight is 507 g/mol. The van der Waals surface area contributed by atoms with E-state index in [1.54, 1.807) is 0 Å². The van der Waals surface area contributed by atoms with Crippen molar-refractivity contribution in [2.45, 2.75) is 65.0 Å². The van der Waals surface area contributed by atoms with Gasteiger partial charge in [0.1, 0.15) is 11.4 Å². The number of benzene rings is 1. The molecule has 1 aromatic carbocycles. The van der Waals surface area contributed by atoms with Crippen molar-refractivity contribution < 1.29 is 14.6 Å². The number of aromatic amines is 1. The van der Waals surface area contributed by atoms with Gasteiger partial charge >= 0.3 is 0 Å². The summed E-state index contributed by atoms with van der Waals surface area (Å²) < 4.78 is 6.05. The summed E-state index contributed by atoms with van der Waals surface area (Å²) in [4.78, 5) is 21.2. The zero-order valence-electron chi connectivity index (χ0n) is 21.5. The molecule has 35 heavy (non-hydrogen) atoms. The second-order valence-corrected chi connectivity index (χ2v) is 11.2. The normalized spacial score (nSPS) is 19.0. The zero-order valence-corrected chi connectivity index (χ0v) is 22.3. The molecule has 0 bridgehead atoms. The number of likely N-dealkylation sites (tertiary alicyclic amines) is 2. The Bertz CT molecular complexity index is 942. The molecule has 0 unspecified atom stereocenters. The molecule has 196 valence electrons. The SMILES string of the molecule is CC(C)(C)CCOc1cccc2[nH]c(C(=O)NC3CCN(CCN4CCC(O)CC4)CC3)cc12.Cl. The van der Waals surface area contributed by atoms with Crippen molar-refractivity contribution in [1.82, 2.24) is 20.1 Å². The van der Waals surface area contributed by atoms with Crippen molar-refractivity contribution >= 4 is 29.2 Å². The lowest BCUT2D eigenvalue weighted by Crippen LogP contribution is -2.47. The number of aromatic nitrogens is 1. The Balaban J connectivity index is 0.00000342. The highest BCUT2D eigenvalue weighted by molar-refractivity contribution is 5.99. The largest absolute Gasteiger partial charge is 0.493 e. The van der Waals surface area contributed by atoms with Gasteiger partial charge < -0.3 is 29.9 Å². The van der Waals surface area contributed by atoms with Crippen LogP contribution in [0.4, 0.5) is 0 Å². The van der Waals surface area contributed by atoms with E-state index in [9.17, 15) is 9.90 Å². The average Bonchev–Trinajstić information content (AvgIpc) is 3.24. The predicted molar refractivity (Wildman–Crippen MR) is 144 cm³/mol. The number of nitrogens with one attached hydrogen (secondary N) is 2. The molecule has 8 heteroatoms. The van der Waals surface area contributed by atoms with Crippen LogP contribution in [0.5, 0.6) is 5.75 Å². The highest BCUT2D eigenvalue weighted by Crippen LogP contribution is 2.28. The number of ether oxygens (including phenoxy) is 1. The van der Waals surface area contributed by atoms with Crippen molar-refractivity contribution in [2.75, 3.05) is 45.9 Å². The lowest BCUT2D eigenvalue weighted by molar-refractivity contribution is 0.0729. The Morgan fingerprint density at radius 1 is 1.09 bits per heavy atom. The first-order chi connectivity index (χ1) is 16.3. The minimum Gasteiger partial charge on any atom is -0.493 e. The number of H-pyrrole nitrogens is 1. The fourth-order valence-electron chi connectivity index (χ4n) is 4.83. The maximum absolute atomic E-state index is 13.0. The number of piperidine rings is 2. The van der Waals surface area contributed by atoms with Crippen molar-refractivity contribution in [3.8, 4) is 5.75 Å². The van der Waals surface area contributed by atoms with E-state index in [2.05, 4.69) is 40.9 Å². The van der Waals surface area contributed by atoms with Gasteiger partial charge in [-0.05, 0) is 55.7 Å². The van der Waals surface area contributed by atoms with Crippen molar-refractivity contribution in [3.05, 3.63) is 30.0 Å². The van der Waals surface area contributed by atoms with E-state index < -0.39 is 0 Å². The van der Waals surface area contributed by atoms with E-state index in [4.69, 9.17) is 4.74 Å². The summed E-state index contributed by atoms with van der Waals surface area (Å²) in [5.74, 6) is 0.788. The molecule has 2 fully saturated rings. The maximum atomic E-state index is 13.0. The zero-order chi connectivity index (χ0) is 24.1. The van der Waals surface area contributed by atoms with Crippen LogP contribution >= 0.6 is 12.4 Å². The molecule has 2 aliphatic rings. The first-order valence-corrected chi connectivity index (χ1v) is 12.9. The summed E-state index contributed by atoms with van der Waals surface area (Å²) in [6.07, 6.45) is 4.61. The highest BCUT2D eigenvalue weighted by Gasteiger charge is 2.23. The van der Waals surface area contributed by atoms with E-state index >= 15 is 0 Å². The summed E-state index contributed by atoms with van der Waals surface area (Å²) in [5, 5.41) is 13.9. The number of aliphatic hydroxyl groups is 1. The van der Waals surface area contributed by atoms with Crippen LogP contribution in [-0.2, 0) is 0 Å². The number of rotatable bonds is 8. The van der Waals surface area contributed by atoms with Gasteiger partial charge in [0, 0.05) is 56.2 Å². The first-order valence-electron chi connectivity index (χ1n) is 12.9. The number of nitrogens with zero attached hydrogens (tertiary/aromatic N) is 2. The number of hydrogen-bond donors (Lipinski definition) is 3. The van der Waals surface area contributed by atoms with Crippen LogP contribution in [0.2, 0.25) is 0 Å². The van der Waals surface area contributed by atoms with Gasteiger partial charge in [0.25, 0.3) is 5.91 Å². The lowest BCUT2D eigenvalue weighted by atomic mass is 9.93. The molecule has 4 rings (SSSR count). The molecule has 3 heterocycles. The first kappa shape index (κ1) is 27.8. The van der Waals surface area contributed by atoms with Gasteiger partial charge in [0.05, 0.1) is 12.7 Å². The van der Waals surface area contributed by atoms with Crippen molar-refractivity contribution in [1.29, 1.82) is 0 Å². The van der Waals surface area contributed by atoms with Gasteiger partial charge in [0.2, 0.25) is 0 Å². The standard InChI is InChI=1S/C27H42N4O3.ClH/c1-27(2,3)11-18-34-25-6-4-5-23-22(25)19-24(29-23)26(33)28-20-7-12-30(13-8-20)16-17-31-14-9-21(32)10-15-31;/h4-6,19-21,29,32H,7-18H2,1-3H3,(H,28,33);1H. The summed E-state index contributed by atoms with van der Waals surface area (Å²) >= 11 is 0. The number of carbonyl (C=O) groups is 1. The van der Waals surface area contributed by atoms with Crippen LogP contribution in [-0.4, -0.2) is 83.8 Å². The summed E-state index contributed by atoms with van der Waals surface area (Å²) in [7, 11) is 0. The second-order valence-electron chi connectivity index (χ2n) is 11.2. The van der Waals surface area contributed by atoms with Gasteiger partial charge in [-0.3, -0.25) is 4.79 Å². The third-order valence-corrected chi connectivity index (χ3v) is 7.19. The molecular weight excluding hydrogens is 464 g/mol. The van der Waals surface area contributed by atoms with Crippen LogP contribution in [0.1, 0.15) is 63.4 Å². The van der Waals surface area contributed by atoms with Gasteiger partial charge in [-0.15, -0.1) is 12.4 Å². The number of amides is 1. The Labute approximate surface area is 216 Å². The molecule has 0 radical (unpaired) electrons. The quantitative estimate of drug-likeness (QED) is 0.503. The van der Waals surface area contributed by atoms with Crippen LogP contribution < -0.4 is 10.1 Å². The van der Waals surface area contributed by atoms with Crippen LogP contribution in [0.3, 0.4) is 0 Å². The molecule has 0 aliphatic carbocycles. The van der Waals surface area contributed by atoms with Crippen molar-refractivity contribution in [3.63, 3.8) is 0 Å². The van der Waals surface area contributed by atoms with E-state index in [1.165, 1.54) is 0 Å². The Morgan fingerprint density at radius 3 is 2.34 bits per heavy atom. The molecule has 2 saturated heterocycles. The smallest absolute Gasteiger partial charge is 0.267 e. The fourth-order valence-corrected chi connectivity index (χ4v) is 4.83. The van der Waals surface area contributed by atoms with E-state index in [1.807, 2.05) is 24.3 Å². The van der Waals surface area contributed by atoms with E-state index in [0.717, 1.165) is 88.0 Å². The lowest BCUT2D eigenvalue weighted by Gasteiger charge is -2.35. The number of halogens is 1. The van der Waals surface area contributed by atoms with Gasteiger partial charge in [0.15, 0.2) is 0 Å². The van der Waals surface area contributed by atoms with Crippen LogP contribution in [0, 0.1) is 5.41 Å². The number of carbonyl (C=O) groups excluding carboxylic acids is 1. The number of hydrogen-bond acceptors (Lipinski definition) is 5. The Hall–Kier alpha value is -1.80. The maximum Gasteiger partial charge on any atom is 0.267 e. The third-order valence-electron chi connectivity index (χ3n) is 7.19.